The highest BCUT2D eigenvalue weighted by Crippen LogP contribution is 2.33. The summed E-state index contributed by atoms with van der Waals surface area (Å²) in [5.41, 5.74) is -0.960. The summed E-state index contributed by atoms with van der Waals surface area (Å²) in [6, 6.07) is 0. The Balaban J connectivity index is 2.82. The Morgan fingerprint density at radius 1 is 1.50 bits per heavy atom. The van der Waals surface area contributed by atoms with Gasteiger partial charge in [-0.1, -0.05) is 6.08 Å². The Morgan fingerprint density at radius 3 is 2.50 bits per heavy atom. The quantitative estimate of drug-likeness (QED) is 0.560. The predicted octanol–water partition coefficient (Wildman–Crippen LogP) is 2.09. The van der Waals surface area contributed by atoms with Crippen LogP contribution in [0.4, 0.5) is 0 Å². The lowest BCUT2D eigenvalue weighted by molar-refractivity contribution is -0.169. The molecule has 2 heteroatoms. The molecule has 1 heterocycles. The first-order chi connectivity index (χ1) is 5.40. The number of rotatable bonds is 1. The minimum absolute atomic E-state index is 0.182. The Bertz CT molecular complexity index is 215. The van der Waals surface area contributed by atoms with Gasteiger partial charge < -0.3 is 4.74 Å². The standard InChI is InChI=1S/C10H16O2/c1-5-10(4)7-6-8(11)9(2,3)12-10/h5H,1,6-7H2,2-4H3/t10-/m0/s1. The Morgan fingerprint density at radius 2 is 2.08 bits per heavy atom. The summed E-state index contributed by atoms with van der Waals surface area (Å²) in [4.78, 5) is 11.4. The molecule has 12 heavy (non-hydrogen) atoms. The molecule has 0 radical (unpaired) electrons. The molecule has 68 valence electrons. The third kappa shape index (κ3) is 1.58. The normalized spacial score (nSPS) is 34.8. The molecule has 0 bridgehead atoms. The van der Waals surface area contributed by atoms with Crippen molar-refractivity contribution >= 4 is 5.78 Å². The number of ether oxygens (including phenoxy) is 1. The summed E-state index contributed by atoms with van der Waals surface area (Å²) < 4.78 is 5.66. The van der Waals surface area contributed by atoms with Crippen LogP contribution >= 0.6 is 0 Å². The van der Waals surface area contributed by atoms with Gasteiger partial charge in [0.05, 0.1) is 5.60 Å². The van der Waals surface area contributed by atoms with Crippen LogP contribution in [0.1, 0.15) is 33.6 Å². The lowest BCUT2D eigenvalue weighted by Gasteiger charge is -2.40. The van der Waals surface area contributed by atoms with Crippen molar-refractivity contribution in [2.45, 2.75) is 44.8 Å². The second-order valence-electron chi connectivity index (χ2n) is 4.05. The number of hydrogen-bond donors (Lipinski definition) is 0. The third-order valence-electron chi connectivity index (χ3n) is 2.44. The number of carbonyl (C=O) groups excluding carboxylic acids is 1. The lowest BCUT2D eigenvalue weighted by Crippen LogP contribution is -2.48. The lowest BCUT2D eigenvalue weighted by atomic mass is 9.87. The van der Waals surface area contributed by atoms with E-state index < -0.39 is 5.60 Å². The van der Waals surface area contributed by atoms with Gasteiger partial charge in [-0.3, -0.25) is 4.79 Å². The van der Waals surface area contributed by atoms with Crippen LogP contribution in [0.3, 0.4) is 0 Å². The van der Waals surface area contributed by atoms with Crippen molar-refractivity contribution in [3.63, 3.8) is 0 Å². The van der Waals surface area contributed by atoms with E-state index in [1.54, 1.807) is 6.08 Å². The molecule has 0 aromatic rings. The summed E-state index contributed by atoms with van der Waals surface area (Å²) in [6.45, 7) is 9.31. The van der Waals surface area contributed by atoms with E-state index in [1.165, 1.54) is 0 Å². The van der Waals surface area contributed by atoms with Crippen LogP contribution in [-0.2, 0) is 9.53 Å². The highest BCUT2D eigenvalue weighted by Gasteiger charge is 2.40. The van der Waals surface area contributed by atoms with Crippen LogP contribution in [0.25, 0.3) is 0 Å². The SMILES string of the molecule is C=C[C@@]1(C)CCC(=O)C(C)(C)O1. The fourth-order valence-corrected chi connectivity index (χ4v) is 1.50. The van der Waals surface area contributed by atoms with Gasteiger partial charge in [0.15, 0.2) is 5.78 Å². The molecular formula is C10H16O2. The molecule has 0 aliphatic carbocycles. The summed E-state index contributed by atoms with van der Waals surface area (Å²) >= 11 is 0. The molecule has 0 unspecified atom stereocenters. The monoisotopic (exact) mass is 168 g/mol. The zero-order valence-electron chi connectivity index (χ0n) is 8.02. The van der Waals surface area contributed by atoms with E-state index in [9.17, 15) is 4.79 Å². The van der Waals surface area contributed by atoms with Crippen molar-refractivity contribution < 1.29 is 9.53 Å². The molecule has 0 saturated carbocycles. The van der Waals surface area contributed by atoms with Crippen LogP contribution in [-0.4, -0.2) is 17.0 Å². The molecule has 0 spiro atoms. The maximum atomic E-state index is 11.4. The Kier molecular flexibility index (Phi) is 2.13. The van der Waals surface area contributed by atoms with Gasteiger partial charge in [-0.25, -0.2) is 0 Å². The average molecular weight is 168 g/mol. The van der Waals surface area contributed by atoms with E-state index in [1.807, 2.05) is 20.8 Å². The second-order valence-corrected chi connectivity index (χ2v) is 4.05. The zero-order chi connectivity index (χ0) is 9.41. The molecule has 0 amide bonds. The van der Waals surface area contributed by atoms with Crippen LogP contribution < -0.4 is 0 Å². The summed E-state index contributed by atoms with van der Waals surface area (Å²) in [7, 11) is 0. The minimum Gasteiger partial charge on any atom is -0.358 e. The molecule has 1 aliphatic heterocycles. The van der Waals surface area contributed by atoms with E-state index in [0.29, 0.717) is 6.42 Å². The van der Waals surface area contributed by atoms with Crippen molar-refractivity contribution in [2.75, 3.05) is 0 Å². The molecule has 0 aromatic carbocycles. The number of hydrogen-bond acceptors (Lipinski definition) is 2. The fraction of sp³-hybridized carbons (Fsp3) is 0.700. The first-order valence-corrected chi connectivity index (χ1v) is 4.27. The summed E-state index contributed by atoms with van der Waals surface area (Å²) in [6.07, 6.45) is 3.12. The van der Waals surface area contributed by atoms with Gasteiger partial charge in [0, 0.05) is 6.42 Å². The Labute approximate surface area is 73.6 Å². The minimum atomic E-state index is -0.638. The van der Waals surface area contributed by atoms with E-state index in [-0.39, 0.29) is 11.4 Å². The Hall–Kier alpha value is -0.630. The zero-order valence-corrected chi connectivity index (χ0v) is 8.02. The number of Topliss-reactive ketones (excluding diaryl/α,β-unsaturated/α-hetero) is 1. The maximum absolute atomic E-state index is 11.4. The fourth-order valence-electron chi connectivity index (χ4n) is 1.50. The molecule has 1 atom stereocenters. The number of ketones is 1. The van der Waals surface area contributed by atoms with Crippen LogP contribution in [0.2, 0.25) is 0 Å². The first kappa shape index (κ1) is 9.46. The van der Waals surface area contributed by atoms with Crippen molar-refractivity contribution in [2.24, 2.45) is 0 Å². The van der Waals surface area contributed by atoms with Crippen LogP contribution in [0.15, 0.2) is 12.7 Å². The predicted molar refractivity (Wildman–Crippen MR) is 48.0 cm³/mol. The molecule has 1 saturated heterocycles. The van der Waals surface area contributed by atoms with E-state index in [4.69, 9.17) is 4.74 Å². The molecule has 0 N–H and O–H groups in total. The van der Waals surface area contributed by atoms with Gasteiger partial charge in [-0.15, -0.1) is 6.58 Å². The average Bonchev–Trinajstić information content (AvgIpc) is 1.97. The molecule has 0 aromatic heterocycles. The van der Waals surface area contributed by atoms with Crippen LogP contribution in [0, 0.1) is 0 Å². The van der Waals surface area contributed by atoms with E-state index in [0.717, 1.165) is 6.42 Å². The van der Waals surface area contributed by atoms with Gasteiger partial charge in [0.25, 0.3) is 0 Å². The highest BCUT2D eigenvalue weighted by molar-refractivity contribution is 5.87. The van der Waals surface area contributed by atoms with E-state index >= 15 is 0 Å². The van der Waals surface area contributed by atoms with Gasteiger partial charge in [-0.05, 0) is 27.2 Å². The van der Waals surface area contributed by atoms with Crippen molar-refractivity contribution in [3.8, 4) is 0 Å². The van der Waals surface area contributed by atoms with Crippen molar-refractivity contribution in [1.82, 2.24) is 0 Å². The van der Waals surface area contributed by atoms with Gasteiger partial charge >= 0.3 is 0 Å². The first-order valence-electron chi connectivity index (χ1n) is 4.27. The third-order valence-corrected chi connectivity index (χ3v) is 2.44. The molecular weight excluding hydrogens is 152 g/mol. The van der Waals surface area contributed by atoms with Gasteiger partial charge in [0.1, 0.15) is 5.60 Å². The highest BCUT2D eigenvalue weighted by atomic mass is 16.5. The van der Waals surface area contributed by atoms with Gasteiger partial charge in [-0.2, -0.15) is 0 Å². The molecule has 2 nitrogen and oxygen atoms in total. The molecule has 1 fully saturated rings. The van der Waals surface area contributed by atoms with Crippen molar-refractivity contribution in [3.05, 3.63) is 12.7 Å². The van der Waals surface area contributed by atoms with E-state index in [2.05, 4.69) is 6.58 Å². The van der Waals surface area contributed by atoms with Crippen LogP contribution in [0.5, 0.6) is 0 Å². The molecule has 1 rings (SSSR count). The van der Waals surface area contributed by atoms with Gasteiger partial charge in [0.2, 0.25) is 0 Å². The summed E-state index contributed by atoms with van der Waals surface area (Å²) in [5, 5.41) is 0. The van der Waals surface area contributed by atoms with Crippen molar-refractivity contribution in [1.29, 1.82) is 0 Å². The second kappa shape index (κ2) is 2.70. The maximum Gasteiger partial charge on any atom is 0.164 e. The molecule has 1 aliphatic rings. The number of carbonyl (C=O) groups is 1. The smallest absolute Gasteiger partial charge is 0.164 e. The topological polar surface area (TPSA) is 26.3 Å². The summed E-state index contributed by atoms with van der Waals surface area (Å²) in [5.74, 6) is 0.182. The largest absolute Gasteiger partial charge is 0.358 e.